The maximum atomic E-state index is 13.5. The van der Waals surface area contributed by atoms with E-state index in [2.05, 4.69) is 23.9 Å². The number of quaternary nitrogens is 1. The third-order valence-corrected chi connectivity index (χ3v) is 6.54. The molecule has 0 saturated carbocycles. The second kappa shape index (κ2) is 7.20. The second-order valence-electron chi connectivity index (χ2n) is 7.86. The number of fused-ring (bicyclic) bond motifs is 1. The van der Waals surface area contributed by atoms with Crippen LogP contribution in [-0.4, -0.2) is 32.8 Å². The molecule has 1 aliphatic rings. The van der Waals surface area contributed by atoms with Crippen molar-refractivity contribution in [3.05, 3.63) is 46.3 Å². The molecule has 7 heteroatoms. The highest BCUT2D eigenvalue weighted by Gasteiger charge is 2.37. The summed E-state index contributed by atoms with van der Waals surface area (Å²) in [5.41, 5.74) is 1.02. The van der Waals surface area contributed by atoms with Gasteiger partial charge in [0.25, 0.3) is 0 Å². The van der Waals surface area contributed by atoms with E-state index in [1.165, 1.54) is 34.8 Å². The molecule has 27 heavy (non-hydrogen) atoms. The van der Waals surface area contributed by atoms with E-state index < -0.39 is 0 Å². The van der Waals surface area contributed by atoms with E-state index in [1.807, 2.05) is 19.1 Å². The second-order valence-corrected chi connectivity index (χ2v) is 8.87. The SMILES string of the molecule is CCc1nc2sc([C@@H](c3ccc(F)cc3)[NH+]3C[C@H](C)C[C@H](C)C3)c(O)n2n1. The molecule has 1 aromatic carbocycles. The monoisotopic (exact) mass is 389 g/mol. The minimum Gasteiger partial charge on any atom is -0.492 e. The van der Waals surface area contributed by atoms with Gasteiger partial charge in [0, 0.05) is 23.8 Å². The normalized spacial score (nSPS) is 24.4. The minimum absolute atomic E-state index is 0.0469. The van der Waals surface area contributed by atoms with Gasteiger partial charge < -0.3 is 10.0 Å². The molecule has 3 heterocycles. The number of aryl methyl sites for hydroxylation is 1. The van der Waals surface area contributed by atoms with E-state index in [1.54, 1.807) is 4.52 Å². The molecule has 144 valence electrons. The Morgan fingerprint density at radius 2 is 1.93 bits per heavy atom. The molecule has 5 nitrogen and oxygen atoms in total. The Labute approximate surface area is 162 Å². The Morgan fingerprint density at radius 3 is 2.52 bits per heavy atom. The largest absolute Gasteiger partial charge is 0.492 e. The third-order valence-electron chi connectivity index (χ3n) is 5.46. The van der Waals surface area contributed by atoms with Crippen molar-refractivity contribution in [2.24, 2.45) is 11.8 Å². The highest BCUT2D eigenvalue weighted by atomic mass is 32.1. The van der Waals surface area contributed by atoms with Gasteiger partial charge in [-0.3, -0.25) is 0 Å². The Balaban J connectivity index is 1.81. The lowest BCUT2D eigenvalue weighted by atomic mass is 9.89. The first-order valence-electron chi connectivity index (χ1n) is 9.63. The topological polar surface area (TPSA) is 54.9 Å². The zero-order chi connectivity index (χ0) is 19.1. The smallest absolute Gasteiger partial charge is 0.235 e. The van der Waals surface area contributed by atoms with Crippen LogP contribution >= 0.6 is 11.3 Å². The summed E-state index contributed by atoms with van der Waals surface area (Å²) in [5.74, 6) is 1.88. The first-order chi connectivity index (χ1) is 13.0. The van der Waals surface area contributed by atoms with Crippen LogP contribution in [0.15, 0.2) is 24.3 Å². The molecule has 1 unspecified atom stereocenters. The molecule has 0 amide bonds. The van der Waals surface area contributed by atoms with Crippen molar-refractivity contribution in [2.75, 3.05) is 13.1 Å². The van der Waals surface area contributed by atoms with Crippen LogP contribution < -0.4 is 4.90 Å². The first kappa shape index (κ1) is 18.4. The van der Waals surface area contributed by atoms with Crippen molar-refractivity contribution in [3.63, 3.8) is 0 Å². The predicted octanol–water partition coefficient (Wildman–Crippen LogP) is 2.85. The molecule has 1 saturated heterocycles. The van der Waals surface area contributed by atoms with Gasteiger partial charge in [-0.2, -0.15) is 4.52 Å². The van der Waals surface area contributed by atoms with Gasteiger partial charge >= 0.3 is 0 Å². The first-order valence-corrected chi connectivity index (χ1v) is 10.4. The number of nitrogens with zero attached hydrogens (tertiary/aromatic N) is 3. The zero-order valence-corrected chi connectivity index (χ0v) is 16.8. The van der Waals surface area contributed by atoms with Crippen molar-refractivity contribution in [1.82, 2.24) is 14.6 Å². The van der Waals surface area contributed by atoms with Gasteiger partial charge in [0.2, 0.25) is 10.8 Å². The number of piperidine rings is 1. The van der Waals surface area contributed by atoms with Gasteiger partial charge in [0.1, 0.15) is 10.7 Å². The maximum Gasteiger partial charge on any atom is 0.235 e. The summed E-state index contributed by atoms with van der Waals surface area (Å²) in [6.45, 7) is 8.62. The number of aromatic hydroxyl groups is 1. The Kier molecular flexibility index (Phi) is 4.90. The van der Waals surface area contributed by atoms with Crippen LogP contribution in [0.1, 0.15) is 49.5 Å². The highest BCUT2D eigenvalue weighted by Crippen LogP contribution is 2.35. The van der Waals surface area contributed by atoms with Crippen LogP contribution in [0.25, 0.3) is 4.96 Å². The molecule has 2 N–H and O–H groups in total. The standard InChI is InChI=1S/C20H25FN4OS/c1-4-16-22-20-25(23-16)19(26)18(27-20)17(14-5-7-15(21)8-6-14)24-10-12(2)9-13(3)11-24/h5-8,12-13,17,26H,4,9-11H2,1-3H3/p+1/t12-,13+,17-/m1/s1. The van der Waals surface area contributed by atoms with Crippen LogP contribution in [0, 0.1) is 17.7 Å². The lowest BCUT2D eigenvalue weighted by Gasteiger charge is -2.37. The van der Waals surface area contributed by atoms with Crippen LogP contribution in [-0.2, 0) is 6.42 Å². The zero-order valence-electron chi connectivity index (χ0n) is 15.9. The van der Waals surface area contributed by atoms with E-state index >= 15 is 0 Å². The molecule has 0 radical (unpaired) electrons. The molecule has 1 aliphatic heterocycles. The number of rotatable bonds is 4. The van der Waals surface area contributed by atoms with E-state index in [4.69, 9.17) is 0 Å². The van der Waals surface area contributed by atoms with Gasteiger partial charge in [-0.05, 0) is 30.7 Å². The number of hydrogen-bond donors (Lipinski definition) is 2. The van der Waals surface area contributed by atoms with Crippen molar-refractivity contribution >= 4 is 16.3 Å². The Bertz CT molecular complexity index is 926. The summed E-state index contributed by atoms with van der Waals surface area (Å²) in [6.07, 6.45) is 1.96. The third kappa shape index (κ3) is 3.46. The van der Waals surface area contributed by atoms with E-state index in [9.17, 15) is 9.50 Å². The average molecular weight is 390 g/mol. The van der Waals surface area contributed by atoms with Gasteiger partial charge in [0.05, 0.1) is 13.1 Å². The summed E-state index contributed by atoms with van der Waals surface area (Å²) in [7, 11) is 0. The molecule has 4 atom stereocenters. The minimum atomic E-state index is -0.243. The van der Waals surface area contributed by atoms with E-state index in [-0.39, 0.29) is 17.7 Å². The molecular weight excluding hydrogens is 363 g/mol. The van der Waals surface area contributed by atoms with Gasteiger partial charge in [-0.25, -0.2) is 9.37 Å². The van der Waals surface area contributed by atoms with E-state index in [0.29, 0.717) is 16.8 Å². The molecule has 4 rings (SSSR count). The summed E-state index contributed by atoms with van der Waals surface area (Å²) in [4.78, 5) is 7.49. The van der Waals surface area contributed by atoms with E-state index in [0.717, 1.165) is 35.8 Å². The molecular formula is C20H26FN4OS+. The van der Waals surface area contributed by atoms with Crippen molar-refractivity contribution < 1.29 is 14.4 Å². The number of benzene rings is 1. The molecule has 0 bridgehead atoms. The lowest BCUT2D eigenvalue weighted by molar-refractivity contribution is -0.936. The number of hydrogen-bond acceptors (Lipinski definition) is 4. The number of aromatic nitrogens is 3. The number of halogens is 1. The molecule has 0 spiro atoms. The van der Waals surface area contributed by atoms with Crippen molar-refractivity contribution in [2.45, 2.75) is 39.7 Å². The predicted molar refractivity (Wildman–Crippen MR) is 104 cm³/mol. The summed E-state index contributed by atoms with van der Waals surface area (Å²) in [6, 6.07) is 6.63. The Morgan fingerprint density at radius 1 is 1.26 bits per heavy atom. The molecule has 3 aromatic rings. The van der Waals surface area contributed by atoms with Crippen molar-refractivity contribution in [1.29, 1.82) is 0 Å². The maximum absolute atomic E-state index is 13.5. The average Bonchev–Trinajstić information content (AvgIpc) is 3.16. The quantitative estimate of drug-likeness (QED) is 0.721. The van der Waals surface area contributed by atoms with Crippen LogP contribution in [0.3, 0.4) is 0 Å². The molecule has 0 aliphatic carbocycles. The fourth-order valence-corrected chi connectivity index (χ4v) is 5.58. The van der Waals surface area contributed by atoms with Crippen molar-refractivity contribution in [3.8, 4) is 5.88 Å². The highest BCUT2D eigenvalue weighted by molar-refractivity contribution is 7.17. The van der Waals surface area contributed by atoms with Crippen LogP contribution in [0.5, 0.6) is 5.88 Å². The fraction of sp³-hybridized carbons (Fsp3) is 0.500. The summed E-state index contributed by atoms with van der Waals surface area (Å²) >= 11 is 1.49. The summed E-state index contributed by atoms with van der Waals surface area (Å²) in [5, 5.41) is 15.3. The fourth-order valence-electron chi connectivity index (χ4n) is 4.42. The molecule has 2 aromatic heterocycles. The number of thiazole rings is 1. The number of nitrogens with one attached hydrogen (secondary N) is 1. The lowest BCUT2D eigenvalue weighted by Crippen LogP contribution is -3.14. The van der Waals surface area contributed by atoms with Crippen LogP contribution in [0.2, 0.25) is 0 Å². The van der Waals surface area contributed by atoms with Gasteiger partial charge in [-0.1, -0.05) is 32.1 Å². The van der Waals surface area contributed by atoms with Crippen LogP contribution in [0.4, 0.5) is 4.39 Å². The number of likely N-dealkylation sites (tertiary alicyclic amines) is 1. The molecule has 1 fully saturated rings. The van der Waals surface area contributed by atoms with Gasteiger partial charge in [-0.15, -0.1) is 5.10 Å². The Hall–Kier alpha value is -1.99. The summed E-state index contributed by atoms with van der Waals surface area (Å²) < 4.78 is 15.1. The van der Waals surface area contributed by atoms with Gasteiger partial charge in [0.15, 0.2) is 11.9 Å².